The predicted molar refractivity (Wildman–Crippen MR) is 110 cm³/mol. The molecule has 0 radical (unpaired) electrons. The number of piperidine rings is 1. The van der Waals surface area contributed by atoms with Gasteiger partial charge in [-0.05, 0) is 37.1 Å². The van der Waals surface area contributed by atoms with E-state index in [0.717, 1.165) is 35.5 Å². The third-order valence-corrected chi connectivity index (χ3v) is 6.97. The Morgan fingerprint density at radius 2 is 2.00 bits per heavy atom. The Bertz CT molecular complexity index is 1110. The zero-order chi connectivity index (χ0) is 20.4. The molecule has 3 aromatic rings. The van der Waals surface area contributed by atoms with Crippen LogP contribution in [-0.2, 0) is 17.1 Å². The van der Waals surface area contributed by atoms with Crippen molar-refractivity contribution >= 4 is 10.0 Å². The maximum Gasteiger partial charge on any atom is 0.262 e. The SMILES string of the molecule is COc1cccc(-c2cccc(C3CCCN(S(=O)(=O)c4cn(C)cn4)C3)n2)c1. The smallest absolute Gasteiger partial charge is 0.262 e. The Morgan fingerprint density at radius 3 is 2.76 bits per heavy atom. The lowest BCUT2D eigenvalue weighted by molar-refractivity contribution is 0.312. The van der Waals surface area contributed by atoms with Crippen molar-refractivity contribution < 1.29 is 13.2 Å². The Morgan fingerprint density at radius 1 is 1.17 bits per heavy atom. The summed E-state index contributed by atoms with van der Waals surface area (Å²) in [5, 5.41) is 0.0961. The lowest BCUT2D eigenvalue weighted by atomic mass is 9.95. The largest absolute Gasteiger partial charge is 0.497 e. The van der Waals surface area contributed by atoms with Crippen molar-refractivity contribution in [2.75, 3.05) is 20.2 Å². The molecular weight excluding hydrogens is 388 g/mol. The van der Waals surface area contributed by atoms with E-state index in [0.29, 0.717) is 13.1 Å². The van der Waals surface area contributed by atoms with Gasteiger partial charge in [0.05, 0.1) is 19.1 Å². The number of nitrogens with zero attached hydrogens (tertiary/aromatic N) is 4. The summed E-state index contributed by atoms with van der Waals surface area (Å²) in [4.78, 5) is 8.88. The highest BCUT2D eigenvalue weighted by atomic mass is 32.2. The summed E-state index contributed by atoms with van der Waals surface area (Å²) < 4.78 is 34.4. The summed E-state index contributed by atoms with van der Waals surface area (Å²) in [6, 6.07) is 13.7. The number of hydrogen-bond donors (Lipinski definition) is 0. The number of hydrogen-bond acceptors (Lipinski definition) is 5. The van der Waals surface area contributed by atoms with E-state index in [2.05, 4.69) is 4.98 Å². The van der Waals surface area contributed by atoms with Gasteiger partial charge in [-0.1, -0.05) is 18.2 Å². The first kappa shape index (κ1) is 19.6. The van der Waals surface area contributed by atoms with Gasteiger partial charge in [-0.2, -0.15) is 4.31 Å². The molecule has 1 aliphatic rings. The number of aromatic nitrogens is 3. The van der Waals surface area contributed by atoms with E-state index in [1.807, 2.05) is 42.5 Å². The minimum absolute atomic E-state index is 0.0489. The lowest BCUT2D eigenvalue weighted by Crippen LogP contribution is -2.39. The van der Waals surface area contributed by atoms with Crippen LogP contribution in [0.15, 0.2) is 60.0 Å². The van der Waals surface area contributed by atoms with Crippen molar-refractivity contribution in [3.63, 3.8) is 0 Å². The zero-order valence-corrected chi connectivity index (χ0v) is 17.3. The standard InChI is InChI=1S/C21H24N4O3S/c1-24-14-21(22-15-24)29(26,27)25-11-5-7-17(13-25)20-10-4-9-19(23-20)16-6-3-8-18(12-16)28-2/h3-4,6,8-10,12,14-15,17H,5,7,11,13H2,1-2H3. The van der Waals surface area contributed by atoms with Crippen LogP contribution >= 0.6 is 0 Å². The average molecular weight is 413 g/mol. The van der Waals surface area contributed by atoms with Gasteiger partial charge in [-0.15, -0.1) is 0 Å². The molecule has 0 amide bonds. The maximum atomic E-state index is 13.0. The van der Waals surface area contributed by atoms with Gasteiger partial charge in [0.25, 0.3) is 10.0 Å². The van der Waals surface area contributed by atoms with E-state index in [9.17, 15) is 8.42 Å². The van der Waals surface area contributed by atoms with E-state index in [1.54, 1.807) is 24.9 Å². The van der Waals surface area contributed by atoms with Gasteiger partial charge in [0.2, 0.25) is 0 Å². The van der Waals surface area contributed by atoms with Gasteiger partial charge in [-0.25, -0.2) is 13.4 Å². The number of pyridine rings is 1. The second-order valence-corrected chi connectivity index (χ2v) is 9.14. The second-order valence-electron chi connectivity index (χ2n) is 7.26. The number of methoxy groups -OCH3 is 1. The quantitative estimate of drug-likeness (QED) is 0.644. The molecule has 0 bridgehead atoms. The minimum atomic E-state index is -3.60. The Hall–Kier alpha value is -2.71. The number of imidazole rings is 1. The van der Waals surface area contributed by atoms with Crippen LogP contribution < -0.4 is 4.74 Å². The van der Waals surface area contributed by atoms with Crippen molar-refractivity contribution in [3.8, 4) is 17.0 Å². The number of ether oxygens (including phenoxy) is 1. The molecule has 8 heteroatoms. The highest BCUT2D eigenvalue weighted by molar-refractivity contribution is 7.89. The van der Waals surface area contributed by atoms with Gasteiger partial charge in [0, 0.05) is 43.5 Å². The highest BCUT2D eigenvalue weighted by Crippen LogP contribution is 2.31. The first-order chi connectivity index (χ1) is 14.0. The molecule has 7 nitrogen and oxygen atoms in total. The van der Waals surface area contributed by atoms with Crippen molar-refractivity contribution in [1.82, 2.24) is 18.8 Å². The Kier molecular flexibility index (Phi) is 5.38. The minimum Gasteiger partial charge on any atom is -0.497 e. The molecule has 1 atom stereocenters. The van der Waals surface area contributed by atoms with Crippen molar-refractivity contribution in [2.24, 2.45) is 7.05 Å². The van der Waals surface area contributed by atoms with E-state index in [-0.39, 0.29) is 10.9 Å². The third-order valence-electron chi connectivity index (χ3n) is 5.22. The Labute approximate surface area is 171 Å². The van der Waals surface area contributed by atoms with Gasteiger partial charge < -0.3 is 9.30 Å². The topological polar surface area (TPSA) is 77.3 Å². The van der Waals surface area contributed by atoms with Gasteiger partial charge in [-0.3, -0.25) is 4.98 Å². The second kappa shape index (κ2) is 7.96. The fraction of sp³-hybridized carbons (Fsp3) is 0.333. The molecule has 3 heterocycles. The summed E-state index contributed by atoms with van der Waals surface area (Å²) in [6.07, 6.45) is 4.75. The molecule has 1 aliphatic heterocycles. The number of aryl methyl sites for hydroxylation is 1. The molecule has 2 aromatic heterocycles. The molecule has 1 unspecified atom stereocenters. The normalized spacial score (nSPS) is 17.9. The highest BCUT2D eigenvalue weighted by Gasteiger charge is 2.32. The van der Waals surface area contributed by atoms with Crippen molar-refractivity contribution in [3.05, 3.63) is 60.7 Å². The van der Waals surface area contributed by atoms with E-state index in [1.165, 1.54) is 10.6 Å². The number of benzene rings is 1. The van der Waals surface area contributed by atoms with Crippen LogP contribution in [0.1, 0.15) is 24.5 Å². The van der Waals surface area contributed by atoms with Gasteiger partial charge >= 0.3 is 0 Å². The summed E-state index contributed by atoms with van der Waals surface area (Å²) >= 11 is 0. The summed E-state index contributed by atoms with van der Waals surface area (Å²) in [7, 11) is -0.193. The fourth-order valence-electron chi connectivity index (χ4n) is 3.68. The molecular formula is C21H24N4O3S. The van der Waals surface area contributed by atoms with Crippen LogP contribution in [0.5, 0.6) is 5.75 Å². The molecule has 0 saturated carbocycles. The third kappa shape index (κ3) is 4.04. The van der Waals surface area contributed by atoms with Crippen LogP contribution in [0.2, 0.25) is 0 Å². The Balaban J connectivity index is 1.59. The van der Waals surface area contributed by atoms with Crippen LogP contribution in [0.3, 0.4) is 0 Å². The van der Waals surface area contributed by atoms with Crippen LogP contribution in [-0.4, -0.2) is 47.5 Å². The molecule has 1 aromatic carbocycles. The molecule has 0 spiro atoms. The summed E-state index contributed by atoms with van der Waals surface area (Å²) in [6.45, 7) is 0.915. The molecule has 1 fully saturated rings. The lowest BCUT2D eigenvalue weighted by Gasteiger charge is -2.31. The first-order valence-corrected chi connectivity index (χ1v) is 11.0. The number of rotatable bonds is 5. The van der Waals surface area contributed by atoms with Gasteiger partial charge in [0.15, 0.2) is 5.03 Å². The van der Waals surface area contributed by atoms with Crippen molar-refractivity contribution in [1.29, 1.82) is 0 Å². The molecule has 0 N–H and O–H groups in total. The predicted octanol–water partition coefficient (Wildman–Crippen LogP) is 3.06. The fourth-order valence-corrected chi connectivity index (χ4v) is 5.17. The monoisotopic (exact) mass is 412 g/mol. The first-order valence-electron chi connectivity index (χ1n) is 9.57. The van der Waals surface area contributed by atoms with E-state index in [4.69, 9.17) is 9.72 Å². The molecule has 29 heavy (non-hydrogen) atoms. The molecule has 4 rings (SSSR count). The maximum absolute atomic E-state index is 13.0. The van der Waals surface area contributed by atoms with E-state index < -0.39 is 10.0 Å². The van der Waals surface area contributed by atoms with Crippen LogP contribution in [0, 0.1) is 0 Å². The molecule has 1 saturated heterocycles. The van der Waals surface area contributed by atoms with Crippen LogP contribution in [0.4, 0.5) is 0 Å². The summed E-state index contributed by atoms with van der Waals surface area (Å²) in [5.74, 6) is 0.827. The number of sulfonamides is 1. The average Bonchev–Trinajstić information content (AvgIpc) is 3.21. The summed E-state index contributed by atoms with van der Waals surface area (Å²) in [5.41, 5.74) is 2.73. The molecule has 152 valence electrons. The van der Waals surface area contributed by atoms with E-state index >= 15 is 0 Å². The molecule has 0 aliphatic carbocycles. The van der Waals surface area contributed by atoms with Crippen molar-refractivity contribution in [2.45, 2.75) is 23.8 Å². The van der Waals surface area contributed by atoms with Crippen LogP contribution in [0.25, 0.3) is 11.3 Å². The zero-order valence-electron chi connectivity index (χ0n) is 16.5. The van der Waals surface area contributed by atoms with Gasteiger partial charge in [0.1, 0.15) is 5.75 Å².